The zero-order chi connectivity index (χ0) is 18.6. The molecule has 0 radical (unpaired) electrons. The van der Waals surface area contributed by atoms with Crippen molar-refractivity contribution in [2.75, 3.05) is 20.3 Å². The van der Waals surface area contributed by atoms with Gasteiger partial charge in [-0.2, -0.15) is 0 Å². The van der Waals surface area contributed by atoms with Crippen molar-refractivity contribution < 1.29 is 23.5 Å². The molecule has 0 aliphatic carbocycles. The van der Waals surface area contributed by atoms with Gasteiger partial charge in [0, 0.05) is 18.5 Å². The van der Waals surface area contributed by atoms with Gasteiger partial charge in [0.05, 0.1) is 32.2 Å². The molecule has 0 saturated carbocycles. The molecule has 3 heterocycles. The predicted molar refractivity (Wildman–Crippen MR) is 91.2 cm³/mol. The number of carbonyl (C=O) groups is 2. The van der Waals surface area contributed by atoms with Crippen LogP contribution in [0.1, 0.15) is 37.0 Å². The summed E-state index contributed by atoms with van der Waals surface area (Å²) < 4.78 is 24.8. The Morgan fingerprint density at radius 2 is 2.19 bits per heavy atom. The minimum absolute atomic E-state index is 0.0332. The lowest BCUT2D eigenvalue weighted by atomic mass is 10.0. The van der Waals surface area contributed by atoms with Gasteiger partial charge in [-0.1, -0.05) is 13.8 Å². The molecule has 0 aromatic heterocycles. The normalized spacial score (nSPS) is 30.1. The number of nitrogens with zero attached hydrogens (tertiary/aromatic N) is 2. The second kappa shape index (κ2) is 5.94. The van der Waals surface area contributed by atoms with E-state index in [4.69, 9.17) is 9.47 Å². The van der Waals surface area contributed by atoms with Gasteiger partial charge in [-0.05, 0) is 24.1 Å². The average molecular weight is 362 g/mol. The maximum Gasteiger partial charge on any atom is 0.254 e. The molecule has 3 aliphatic rings. The second-order valence-electron chi connectivity index (χ2n) is 7.55. The van der Waals surface area contributed by atoms with Crippen LogP contribution in [0, 0.1) is 11.7 Å². The highest BCUT2D eigenvalue weighted by Crippen LogP contribution is 2.49. The molecular weight excluding hydrogens is 339 g/mol. The van der Waals surface area contributed by atoms with Gasteiger partial charge in [-0.25, -0.2) is 4.39 Å². The molecule has 2 amide bonds. The van der Waals surface area contributed by atoms with Gasteiger partial charge < -0.3 is 19.3 Å². The van der Waals surface area contributed by atoms with Crippen molar-refractivity contribution in [1.29, 1.82) is 0 Å². The molecule has 3 atom stereocenters. The number of halogens is 1. The van der Waals surface area contributed by atoms with Crippen LogP contribution in [-0.4, -0.2) is 59.7 Å². The van der Waals surface area contributed by atoms with Crippen LogP contribution in [0.15, 0.2) is 18.2 Å². The Morgan fingerprint density at radius 3 is 2.88 bits per heavy atom. The van der Waals surface area contributed by atoms with E-state index in [1.54, 1.807) is 4.90 Å². The van der Waals surface area contributed by atoms with Crippen molar-refractivity contribution in [3.63, 3.8) is 0 Å². The molecule has 140 valence electrons. The van der Waals surface area contributed by atoms with Crippen molar-refractivity contribution in [1.82, 2.24) is 9.80 Å². The van der Waals surface area contributed by atoms with E-state index in [0.29, 0.717) is 31.1 Å². The van der Waals surface area contributed by atoms with Gasteiger partial charge in [0.25, 0.3) is 5.91 Å². The van der Waals surface area contributed by atoms with Crippen LogP contribution in [0.2, 0.25) is 0 Å². The first-order valence-electron chi connectivity index (χ1n) is 8.99. The van der Waals surface area contributed by atoms with Gasteiger partial charge in [-0.15, -0.1) is 0 Å². The van der Waals surface area contributed by atoms with Gasteiger partial charge in [0.2, 0.25) is 5.91 Å². The van der Waals surface area contributed by atoms with E-state index in [1.165, 1.54) is 25.3 Å². The lowest BCUT2D eigenvalue weighted by molar-refractivity contribution is -0.139. The van der Waals surface area contributed by atoms with Gasteiger partial charge in [0.15, 0.2) is 17.3 Å². The van der Waals surface area contributed by atoms with E-state index in [9.17, 15) is 14.0 Å². The molecule has 1 aromatic carbocycles. The fourth-order valence-corrected chi connectivity index (χ4v) is 4.57. The molecule has 3 aliphatic heterocycles. The summed E-state index contributed by atoms with van der Waals surface area (Å²) in [6.45, 7) is 5.18. The van der Waals surface area contributed by atoms with Gasteiger partial charge in [-0.3, -0.25) is 9.59 Å². The van der Waals surface area contributed by atoms with Crippen LogP contribution >= 0.6 is 0 Å². The number of benzene rings is 1. The second-order valence-corrected chi connectivity index (χ2v) is 7.55. The van der Waals surface area contributed by atoms with Crippen molar-refractivity contribution in [3.05, 3.63) is 29.6 Å². The fraction of sp³-hybridized carbons (Fsp3) is 0.579. The minimum Gasteiger partial charge on any atom is -0.494 e. The molecule has 7 heteroatoms. The first kappa shape index (κ1) is 17.3. The molecule has 26 heavy (non-hydrogen) atoms. The average Bonchev–Trinajstić information content (AvgIpc) is 3.24. The molecule has 3 fully saturated rings. The van der Waals surface area contributed by atoms with E-state index >= 15 is 0 Å². The highest BCUT2D eigenvalue weighted by Gasteiger charge is 2.65. The summed E-state index contributed by atoms with van der Waals surface area (Å²) in [5.41, 5.74) is -0.351. The smallest absolute Gasteiger partial charge is 0.254 e. The number of likely N-dealkylation sites (tertiary alicyclic amines) is 1. The number of ether oxygens (including phenoxy) is 2. The molecule has 0 unspecified atom stereocenters. The van der Waals surface area contributed by atoms with Gasteiger partial charge >= 0.3 is 0 Å². The van der Waals surface area contributed by atoms with Crippen molar-refractivity contribution in [2.24, 2.45) is 5.92 Å². The van der Waals surface area contributed by atoms with Crippen LogP contribution in [0.4, 0.5) is 4.39 Å². The number of methoxy groups -OCH3 is 1. The standard InChI is InChI=1S/C19H23FN2O4/c1-11(2)14-10-26-19-6-7-21(16(19)9-17(23)22(14)19)18(24)12-4-5-13(20)15(8-12)25-3/h4-5,8,11,14,16H,6-7,9-10H2,1-3H3/t14-,16+,19-/m0/s1. The Labute approximate surface area is 151 Å². The van der Waals surface area contributed by atoms with Crippen LogP contribution in [0.3, 0.4) is 0 Å². The number of hydrogen-bond donors (Lipinski definition) is 0. The number of amides is 2. The molecule has 3 saturated heterocycles. The van der Waals surface area contributed by atoms with Crippen LogP contribution < -0.4 is 4.74 Å². The monoisotopic (exact) mass is 362 g/mol. The largest absolute Gasteiger partial charge is 0.494 e. The maximum atomic E-state index is 13.6. The highest BCUT2D eigenvalue weighted by atomic mass is 19.1. The Balaban J connectivity index is 1.63. The molecule has 0 N–H and O–H groups in total. The molecule has 4 rings (SSSR count). The third-order valence-electron chi connectivity index (χ3n) is 5.92. The maximum absolute atomic E-state index is 13.6. The quantitative estimate of drug-likeness (QED) is 0.826. The van der Waals surface area contributed by atoms with Gasteiger partial charge in [0.1, 0.15) is 0 Å². The van der Waals surface area contributed by atoms with E-state index in [2.05, 4.69) is 13.8 Å². The first-order chi connectivity index (χ1) is 12.4. The SMILES string of the molecule is COc1cc(C(=O)N2CC[C@@]34OC[C@@H](C(C)C)N3C(=O)C[C@@H]24)ccc1F. The molecule has 0 bridgehead atoms. The topological polar surface area (TPSA) is 59.1 Å². The summed E-state index contributed by atoms with van der Waals surface area (Å²) in [7, 11) is 1.36. The summed E-state index contributed by atoms with van der Waals surface area (Å²) in [6.07, 6.45) is 0.879. The van der Waals surface area contributed by atoms with Crippen LogP contribution in [0.5, 0.6) is 5.75 Å². The van der Waals surface area contributed by atoms with E-state index in [1.807, 2.05) is 4.90 Å². The third kappa shape index (κ3) is 2.26. The van der Waals surface area contributed by atoms with E-state index in [0.717, 1.165) is 0 Å². The fourth-order valence-electron chi connectivity index (χ4n) is 4.57. The van der Waals surface area contributed by atoms with Crippen molar-refractivity contribution in [3.8, 4) is 5.75 Å². The number of carbonyl (C=O) groups excluding carboxylic acids is 2. The Hall–Kier alpha value is -2.15. The summed E-state index contributed by atoms with van der Waals surface area (Å²) in [5.74, 6) is -0.367. The third-order valence-corrected chi connectivity index (χ3v) is 5.92. The number of hydrogen-bond acceptors (Lipinski definition) is 4. The number of rotatable bonds is 3. The van der Waals surface area contributed by atoms with Crippen LogP contribution in [0.25, 0.3) is 0 Å². The summed E-state index contributed by atoms with van der Waals surface area (Å²) in [6, 6.07) is 3.83. The van der Waals surface area contributed by atoms with Crippen molar-refractivity contribution >= 4 is 11.8 Å². The molecular formula is C19H23FN2O4. The molecule has 6 nitrogen and oxygen atoms in total. The van der Waals surface area contributed by atoms with Crippen molar-refractivity contribution in [2.45, 2.75) is 44.5 Å². The zero-order valence-electron chi connectivity index (χ0n) is 15.2. The minimum atomic E-state index is -0.703. The molecule has 1 aromatic rings. The first-order valence-corrected chi connectivity index (χ1v) is 8.99. The predicted octanol–water partition coefficient (Wildman–Crippen LogP) is 2.03. The lowest BCUT2D eigenvalue weighted by Gasteiger charge is -2.34. The summed E-state index contributed by atoms with van der Waals surface area (Å²) >= 11 is 0. The molecule has 1 spiro atoms. The lowest BCUT2D eigenvalue weighted by Crippen LogP contribution is -2.51. The Morgan fingerprint density at radius 1 is 1.42 bits per heavy atom. The summed E-state index contributed by atoms with van der Waals surface area (Å²) in [4.78, 5) is 29.3. The van der Waals surface area contributed by atoms with E-state index < -0.39 is 11.5 Å². The Kier molecular flexibility index (Phi) is 3.95. The van der Waals surface area contributed by atoms with Crippen LogP contribution in [-0.2, 0) is 9.53 Å². The Bertz CT molecular complexity index is 768. The summed E-state index contributed by atoms with van der Waals surface area (Å²) in [5, 5.41) is 0. The zero-order valence-corrected chi connectivity index (χ0v) is 15.2. The van der Waals surface area contributed by atoms with E-state index in [-0.39, 0.29) is 36.1 Å². The highest BCUT2D eigenvalue weighted by molar-refractivity contribution is 5.96.